The molecular weight excluding hydrogens is 268 g/mol. The fourth-order valence-corrected chi connectivity index (χ4v) is 2.44. The number of amides is 1. The normalized spacial score (nSPS) is 12.2. The van der Waals surface area contributed by atoms with Crippen molar-refractivity contribution in [2.24, 2.45) is 0 Å². The summed E-state index contributed by atoms with van der Waals surface area (Å²) in [6, 6.07) is 3.27. The summed E-state index contributed by atoms with van der Waals surface area (Å²) in [7, 11) is -3.34. The molecule has 0 bridgehead atoms. The molecule has 108 valence electrons. The molecule has 1 aromatic rings. The van der Waals surface area contributed by atoms with Crippen LogP contribution in [0.15, 0.2) is 18.3 Å². The van der Waals surface area contributed by atoms with E-state index in [9.17, 15) is 13.2 Å². The van der Waals surface area contributed by atoms with E-state index in [1.54, 1.807) is 39.8 Å². The molecule has 0 radical (unpaired) electrons. The van der Waals surface area contributed by atoms with Crippen molar-refractivity contribution < 1.29 is 17.9 Å². The van der Waals surface area contributed by atoms with Gasteiger partial charge >= 0.3 is 6.09 Å². The molecule has 0 spiro atoms. The van der Waals surface area contributed by atoms with Gasteiger partial charge in [-0.05, 0) is 39.8 Å². The van der Waals surface area contributed by atoms with Gasteiger partial charge in [0, 0.05) is 6.20 Å². The van der Waals surface area contributed by atoms with Crippen LogP contribution in [0.25, 0.3) is 0 Å². The molecule has 6 nitrogen and oxygen atoms in total. The Bertz CT molecular complexity index is 540. The minimum atomic E-state index is -3.34. The van der Waals surface area contributed by atoms with Crippen LogP contribution in [0, 0.1) is 0 Å². The average Bonchev–Trinajstić information content (AvgIpc) is 2.72. The number of hydrogen-bond acceptors (Lipinski definition) is 4. The molecule has 0 fully saturated rings. The van der Waals surface area contributed by atoms with Crippen molar-refractivity contribution in [1.29, 1.82) is 0 Å². The first-order valence-corrected chi connectivity index (χ1v) is 7.63. The van der Waals surface area contributed by atoms with E-state index in [-0.39, 0.29) is 12.3 Å². The number of aromatic nitrogens is 1. The Balaban J connectivity index is 2.70. The van der Waals surface area contributed by atoms with Crippen LogP contribution in [0.5, 0.6) is 0 Å². The van der Waals surface area contributed by atoms with Gasteiger partial charge in [0.2, 0.25) is 10.0 Å². The molecule has 19 heavy (non-hydrogen) atoms. The smallest absolute Gasteiger partial charge is 0.407 e. The monoisotopic (exact) mass is 288 g/mol. The molecule has 1 heterocycles. The minimum Gasteiger partial charge on any atom is -0.444 e. The molecule has 0 unspecified atom stereocenters. The van der Waals surface area contributed by atoms with Crippen molar-refractivity contribution in [3.05, 3.63) is 24.0 Å². The van der Waals surface area contributed by atoms with Crippen LogP contribution >= 0.6 is 0 Å². The summed E-state index contributed by atoms with van der Waals surface area (Å²) in [5.74, 6) is 0.00111. The second kappa shape index (κ2) is 5.64. The molecule has 1 amide bonds. The molecule has 1 N–H and O–H groups in total. The number of carbonyl (C=O) groups excluding carboxylic acids is 1. The first-order chi connectivity index (χ1) is 8.65. The van der Waals surface area contributed by atoms with Crippen LogP contribution < -0.4 is 5.32 Å². The highest BCUT2D eigenvalue weighted by Gasteiger charge is 2.17. The Morgan fingerprint density at radius 2 is 2.05 bits per heavy atom. The maximum atomic E-state index is 11.8. The van der Waals surface area contributed by atoms with Crippen LogP contribution in [-0.4, -0.2) is 29.8 Å². The van der Waals surface area contributed by atoms with Crippen molar-refractivity contribution in [3.8, 4) is 0 Å². The topological polar surface area (TPSA) is 77.4 Å². The van der Waals surface area contributed by atoms with Crippen LogP contribution in [0.3, 0.4) is 0 Å². The molecule has 7 heteroatoms. The lowest BCUT2D eigenvalue weighted by Crippen LogP contribution is -2.33. The highest BCUT2D eigenvalue weighted by molar-refractivity contribution is 7.89. The molecule has 1 rings (SSSR count). The Morgan fingerprint density at radius 3 is 2.58 bits per heavy atom. The zero-order valence-electron chi connectivity index (χ0n) is 11.6. The summed E-state index contributed by atoms with van der Waals surface area (Å²) >= 11 is 0. The Hall–Kier alpha value is -1.50. The molecule has 0 aliphatic carbocycles. The lowest BCUT2D eigenvalue weighted by molar-refractivity contribution is 0.0522. The van der Waals surface area contributed by atoms with Gasteiger partial charge in [-0.1, -0.05) is 0 Å². The molecule has 0 saturated carbocycles. The molecule has 0 aliphatic rings. The number of nitrogens with one attached hydrogen (secondary N) is 1. The van der Waals surface area contributed by atoms with Crippen molar-refractivity contribution >= 4 is 16.1 Å². The third kappa shape index (κ3) is 4.59. The molecule has 0 saturated heterocycles. The minimum absolute atomic E-state index is 0.00111. The van der Waals surface area contributed by atoms with Gasteiger partial charge < -0.3 is 10.1 Å². The summed E-state index contributed by atoms with van der Waals surface area (Å²) in [6.45, 7) is 6.95. The van der Waals surface area contributed by atoms with Gasteiger partial charge in [0.15, 0.2) is 0 Å². The van der Waals surface area contributed by atoms with E-state index in [0.717, 1.165) is 0 Å². The van der Waals surface area contributed by atoms with Crippen molar-refractivity contribution in [1.82, 2.24) is 9.29 Å². The number of carbonyl (C=O) groups is 1. The average molecular weight is 288 g/mol. The third-order valence-corrected chi connectivity index (χ3v) is 3.96. The van der Waals surface area contributed by atoms with E-state index in [1.807, 2.05) is 0 Å². The summed E-state index contributed by atoms with van der Waals surface area (Å²) < 4.78 is 29.8. The van der Waals surface area contributed by atoms with E-state index in [1.165, 1.54) is 10.2 Å². The van der Waals surface area contributed by atoms with Gasteiger partial charge in [0.1, 0.15) is 5.60 Å². The van der Waals surface area contributed by atoms with Gasteiger partial charge in [-0.2, -0.15) is 0 Å². The molecule has 1 aromatic heterocycles. The summed E-state index contributed by atoms with van der Waals surface area (Å²) in [4.78, 5) is 11.5. The number of ether oxygens (including phenoxy) is 1. The van der Waals surface area contributed by atoms with Crippen molar-refractivity contribution in [2.75, 3.05) is 5.75 Å². The lowest BCUT2D eigenvalue weighted by atomic mass is 10.2. The lowest BCUT2D eigenvalue weighted by Gasteiger charge is -2.19. The molecule has 0 atom stereocenters. The summed E-state index contributed by atoms with van der Waals surface area (Å²) in [6.07, 6.45) is 0.888. The van der Waals surface area contributed by atoms with Crippen LogP contribution in [-0.2, 0) is 21.3 Å². The Kier molecular flexibility index (Phi) is 4.62. The van der Waals surface area contributed by atoms with Crippen molar-refractivity contribution in [2.45, 2.75) is 39.8 Å². The van der Waals surface area contributed by atoms with Crippen LogP contribution in [0.2, 0.25) is 0 Å². The highest BCUT2D eigenvalue weighted by Crippen LogP contribution is 2.09. The van der Waals surface area contributed by atoms with Crippen molar-refractivity contribution in [3.63, 3.8) is 0 Å². The zero-order chi connectivity index (χ0) is 14.7. The van der Waals surface area contributed by atoms with Gasteiger partial charge in [-0.3, -0.25) is 0 Å². The number of hydrogen-bond donors (Lipinski definition) is 1. The van der Waals surface area contributed by atoms with E-state index < -0.39 is 21.7 Å². The number of rotatable bonds is 4. The summed E-state index contributed by atoms with van der Waals surface area (Å²) in [5, 5.41) is 2.53. The Labute approximate surface area is 113 Å². The SMILES string of the molecule is CCS(=O)(=O)n1cccc1CNC(=O)OC(C)(C)C. The second-order valence-electron chi connectivity index (χ2n) is 5.05. The van der Waals surface area contributed by atoms with Gasteiger partial charge in [0.05, 0.1) is 18.0 Å². The predicted octanol–water partition coefficient (Wildman–Crippen LogP) is 1.71. The first kappa shape index (κ1) is 15.6. The molecule has 0 aromatic carbocycles. The van der Waals surface area contributed by atoms with Gasteiger partial charge in [-0.15, -0.1) is 0 Å². The number of alkyl carbamates (subject to hydrolysis) is 1. The zero-order valence-corrected chi connectivity index (χ0v) is 12.5. The first-order valence-electron chi connectivity index (χ1n) is 6.02. The number of nitrogens with zero attached hydrogens (tertiary/aromatic N) is 1. The van der Waals surface area contributed by atoms with Gasteiger partial charge in [-0.25, -0.2) is 17.2 Å². The second-order valence-corrected chi connectivity index (χ2v) is 7.19. The maximum Gasteiger partial charge on any atom is 0.407 e. The highest BCUT2D eigenvalue weighted by atomic mass is 32.2. The predicted molar refractivity (Wildman–Crippen MR) is 72.4 cm³/mol. The van der Waals surface area contributed by atoms with Gasteiger partial charge in [0.25, 0.3) is 0 Å². The molecular formula is C12H20N2O4S. The Morgan fingerprint density at radius 1 is 1.42 bits per heavy atom. The fraction of sp³-hybridized carbons (Fsp3) is 0.583. The van der Waals surface area contributed by atoms with E-state index in [2.05, 4.69) is 5.32 Å². The fourth-order valence-electron chi connectivity index (χ4n) is 1.43. The maximum absolute atomic E-state index is 11.8. The molecule has 0 aliphatic heterocycles. The standard InChI is InChI=1S/C12H20N2O4S/c1-5-19(16,17)14-8-6-7-10(14)9-13-11(15)18-12(2,3)4/h6-8H,5,9H2,1-4H3,(H,13,15). The summed E-state index contributed by atoms with van der Waals surface area (Å²) in [5.41, 5.74) is -0.0885. The quantitative estimate of drug-likeness (QED) is 0.915. The van der Waals surface area contributed by atoms with E-state index in [4.69, 9.17) is 4.74 Å². The van der Waals surface area contributed by atoms with E-state index in [0.29, 0.717) is 5.69 Å². The largest absolute Gasteiger partial charge is 0.444 e. The van der Waals surface area contributed by atoms with Crippen LogP contribution in [0.4, 0.5) is 4.79 Å². The third-order valence-electron chi connectivity index (χ3n) is 2.27. The van der Waals surface area contributed by atoms with E-state index >= 15 is 0 Å². The van der Waals surface area contributed by atoms with Crippen LogP contribution in [0.1, 0.15) is 33.4 Å².